The number of benzene rings is 1. The third-order valence-corrected chi connectivity index (χ3v) is 7.77. The van der Waals surface area contributed by atoms with Gasteiger partial charge in [0.15, 0.2) is 6.29 Å². The minimum absolute atomic E-state index is 0.113. The number of hydrogen-bond donors (Lipinski definition) is 6. The molecule has 1 aromatic heterocycles. The third kappa shape index (κ3) is 4.75. The summed E-state index contributed by atoms with van der Waals surface area (Å²) in [7, 11) is 1.30. The quantitative estimate of drug-likeness (QED) is 0.218. The molecule has 0 spiro atoms. The number of carbonyl (C=O) groups is 1. The fourth-order valence-electron chi connectivity index (χ4n) is 5.74. The van der Waals surface area contributed by atoms with Crippen LogP contribution in [0.25, 0.3) is 10.9 Å². The number of carbonyl (C=O) groups excluding carboxylic acids is 1. The zero-order valence-electron chi connectivity index (χ0n) is 21.0. The van der Waals surface area contributed by atoms with Crippen molar-refractivity contribution >= 4 is 16.9 Å². The van der Waals surface area contributed by atoms with Crippen LogP contribution in [0.3, 0.4) is 0 Å². The van der Waals surface area contributed by atoms with Crippen molar-refractivity contribution < 1.29 is 44.2 Å². The summed E-state index contributed by atoms with van der Waals surface area (Å²) in [4.78, 5) is 16.3. The Bertz CT molecular complexity index is 1190. The number of hydrogen-bond acceptors (Lipinski definition) is 10. The summed E-state index contributed by atoms with van der Waals surface area (Å²) in [6.45, 7) is 4.13. The largest absolute Gasteiger partial charge is 0.471 e. The molecular formula is C27H34N2O9. The predicted molar refractivity (Wildman–Crippen MR) is 134 cm³/mol. The van der Waals surface area contributed by atoms with E-state index in [1.54, 1.807) is 6.08 Å². The maximum absolute atomic E-state index is 12.7. The van der Waals surface area contributed by atoms with Gasteiger partial charge in [-0.3, -0.25) is 0 Å². The summed E-state index contributed by atoms with van der Waals surface area (Å²) in [6.07, 6.45) is -4.03. The second kappa shape index (κ2) is 11.1. The Labute approximate surface area is 219 Å². The molecule has 3 aliphatic rings. The number of aromatic amines is 1. The van der Waals surface area contributed by atoms with Gasteiger partial charge in [-0.25, -0.2) is 4.79 Å². The van der Waals surface area contributed by atoms with Gasteiger partial charge >= 0.3 is 5.97 Å². The van der Waals surface area contributed by atoms with E-state index in [4.69, 9.17) is 18.9 Å². The average molecular weight is 531 g/mol. The molecule has 2 aromatic rings. The molecule has 0 bridgehead atoms. The molecule has 0 saturated carbocycles. The number of aliphatic hydroxyl groups is 4. The van der Waals surface area contributed by atoms with Crippen LogP contribution in [0.4, 0.5) is 0 Å². The summed E-state index contributed by atoms with van der Waals surface area (Å²) in [6, 6.07) is 8.02. The number of aliphatic hydroxyl groups excluding tert-OH is 4. The topological polar surface area (TPSA) is 163 Å². The molecule has 0 radical (unpaired) electrons. The van der Waals surface area contributed by atoms with Crippen LogP contribution in [0.15, 0.2) is 48.8 Å². The minimum Gasteiger partial charge on any atom is -0.471 e. The zero-order valence-corrected chi connectivity index (χ0v) is 21.0. The molecule has 3 aliphatic heterocycles. The Morgan fingerprint density at radius 1 is 1.18 bits per heavy atom. The average Bonchev–Trinajstić information content (AvgIpc) is 3.33. The number of rotatable bonds is 7. The second-order valence-corrected chi connectivity index (χ2v) is 9.88. The summed E-state index contributed by atoms with van der Waals surface area (Å²) in [5, 5.41) is 45.0. The lowest BCUT2D eigenvalue weighted by Crippen LogP contribution is -2.60. The zero-order chi connectivity index (χ0) is 27.0. The lowest BCUT2D eigenvalue weighted by atomic mass is 9.78. The Kier molecular flexibility index (Phi) is 7.87. The van der Waals surface area contributed by atoms with E-state index in [1.165, 1.54) is 24.3 Å². The number of esters is 1. The van der Waals surface area contributed by atoms with Gasteiger partial charge in [0.2, 0.25) is 6.29 Å². The molecule has 11 heteroatoms. The number of fused-ring (bicyclic) bond motifs is 3. The molecule has 1 saturated heterocycles. The van der Waals surface area contributed by atoms with Gasteiger partial charge in [-0.1, -0.05) is 24.3 Å². The van der Waals surface area contributed by atoms with Gasteiger partial charge in [0, 0.05) is 34.5 Å². The SMILES string of the molecule is C=C[C@H]1[C@H](O[C@@H]2O[C@H](CO)[C@@H](O)[C@H](O)[C@H]2O)OC=C(C(=O)OC)[C@H]1C[C@H]1NCCc2c1[nH]c1ccccc21. The molecule has 206 valence electrons. The fourth-order valence-corrected chi connectivity index (χ4v) is 5.74. The van der Waals surface area contributed by atoms with Crippen LogP contribution < -0.4 is 5.32 Å². The molecule has 38 heavy (non-hydrogen) atoms. The van der Waals surface area contributed by atoms with Crippen LogP contribution in [-0.4, -0.2) is 88.6 Å². The molecule has 9 atom stereocenters. The summed E-state index contributed by atoms with van der Waals surface area (Å²) in [5.41, 5.74) is 3.66. The van der Waals surface area contributed by atoms with E-state index in [1.807, 2.05) is 18.2 Å². The number of methoxy groups -OCH3 is 1. The van der Waals surface area contributed by atoms with Gasteiger partial charge in [0.1, 0.15) is 24.4 Å². The van der Waals surface area contributed by atoms with Crippen LogP contribution >= 0.6 is 0 Å². The van der Waals surface area contributed by atoms with Gasteiger partial charge in [-0.05, 0) is 31.0 Å². The van der Waals surface area contributed by atoms with Crippen molar-refractivity contribution in [2.24, 2.45) is 11.8 Å². The maximum atomic E-state index is 12.7. The lowest BCUT2D eigenvalue weighted by molar-refractivity contribution is -0.339. The molecule has 1 fully saturated rings. The van der Waals surface area contributed by atoms with Crippen molar-refractivity contribution in [2.45, 2.75) is 55.9 Å². The molecule has 0 aliphatic carbocycles. The number of H-pyrrole nitrogens is 1. The van der Waals surface area contributed by atoms with E-state index < -0.39 is 61.4 Å². The minimum atomic E-state index is -1.60. The van der Waals surface area contributed by atoms with Crippen LogP contribution in [0.2, 0.25) is 0 Å². The smallest absolute Gasteiger partial charge is 0.337 e. The highest BCUT2D eigenvalue weighted by molar-refractivity contribution is 5.89. The van der Waals surface area contributed by atoms with E-state index in [2.05, 4.69) is 22.9 Å². The molecule has 4 heterocycles. The van der Waals surface area contributed by atoms with Crippen LogP contribution in [0.5, 0.6) is 0 Å². The molecule has 11 nitrogen and oxygen atoms in total. The van der Waals surface area contributed by atoms with E-state index in [0.29, 0.717) is 12.0 Å². The maximum Gasteiger partial charge on any atom is 0.337 e. The number of ether oxygens (including phenoxy) is 4. The first-order valence-electron chi connectivity index (χ1n) is 12.7. The number of aromatic nitrogens is 1. The highest BCUT2D eigenvalue weighted by Crippen LogP contribution is 2.42. The number of nitrogens with one attached hydrogen (secondary N) is 2. The standard InChI is InChI=1S/C27H34N2O9/c1-3-13-16(10-19-21-15(8-9-28-19)14-6-4-5-7-18(14)29-21)17(25(34)35-2)12-36-26(13)38-27-24(33)23(32)22(31)20(11-30)37-27/h3-7,12-13,16,19-20,22-24,26-33H,1,8-11H2,2H3/t13-,16+,19-,20-,22-,23+,24-,26+,27+/m1/s1. The van der Waals surface area contributed by atoms with Gasteiger partial charge in [-0.2, -0.15) is 0 Å². The van der Waals surface area contributed by atoms with Crippen molar-refractivity contribution in [3.05, 3.63) is 60.0 Å². The van der Waals surface area contributed by atoms with Crippen molar-refractivity contribution in [3.63, 3.8) is 0 Å². The third-order valence-electron chi connectivity index (χ3n) is 7.77. The fraction of sp³-hybridized carbons (Fsp3) is 0.519. The summed E-state index contributed by atoms with van der Waals surface area (Å²) in [5.74, 6) is -1.56. The van der Waals surface area contributed by atoms with Gasteiger partial charge in [0.05, 0.1) is 25.6 Å². The van der Waals surface area contributed by atoms with Crippen LogP contribution in [-0.2, 0) is 30.2 Å². The van der Waals surface area contributed by atoms with Crippen LogP contribution in [0.1, 0.15) is 23.7 Å². The van der Waals surface area contributed by atoms with E-state index in [-0.39, 0.29) is 6.04 Å². The lowest BCUT2D eigenvalue weighted by Gasteiger charge is -2.43. The van der Waals surface area contributed by atoms with Gasteiger partial charge in [0.25, 0.3) is 0 Å². The van der Waals surface area contributed by atoms with E-state index in [0.717, 1.165) is 24.2 Å². The van der Waals surface area contributed by atoms with Crippen molar-refractivity contribution in [3.8, 4) is 0 Å². The Morgan fingerprint density at radius 3 is 2.71 bits per heavy atom. The first-order valence-corrected chi connectivity index (χ1v) is 12.7. The van der Waals surface area contributed by atoms with Gasteiger partial charge in [-0.15, -0.1) is 6.58 Å². The van der Waals surface area contributed by atoms with Gasteiger partial charge < -0.3 is 49.7 Å². The van der Waals surface area contributed by atoms with Crippen molar-refractivity contribution in [2.75, 3.05) is 20.3 Å². The highest BCUT2D eigenvalue weighted by Gasteiger charge is 2.48. The Hall–Kier alpha value is -2.77. The van der Waals surface area contributed by atoms with E-state index in [9.17, 15) is 25.2 Å². The highest BCUT2D eigenvalue weighted by atomic mass is 16.8. The van der Waals surface area contributed by atoms with Crippen molar-refractivity contribution in [1.82, 2.24) is 10.3 Å². The monoisotopic (exact) mass is 530 g/mol. The second-order valence-electron chi connectivity index (χ2n) is 9.88. The number of para-hydroxylation sites is 1. The molecule has 5 rings (SSSR count). The molecule has 6 N–H and O–H groups in total. The predicted octanol–water partition coefficient (Wildman–Crippen LogP) is 0.393. The first-order chi connectivity index (χ1) is 18.4. The van der Waals surface area contributed by atoms with E-state index >= 15 is 0 Å². The molecule has 0 amide bonds. The molecule has 0 unspecified atom stereocenters. The summed E-state index contributed by atoms with van der Waals surface area (Å²) >= 11 is 0. The normalized spacial score (nSPS) is 35.2. The first kappa shape index (κ1) is 26.8. The van der Waals surface area contributed by atoms with Crippen molar-refractivity contribution in [1.29, 1.82) is 0 Å². The Balaban J connectivity index is 1.43. The summed E-state index contributed by atoms with van der Waals surface area (Å²) < 4.78 is 22.2. The Morgan fingerprint density at radius 2 is 1.97 bits per heavy atom. The molecule has 1 aromatic carbocycles. The molecular weight excluding hydrogens is 496 g/mol. The van der Waals surface area contributed by atoms with Crippen LogP contribution in [0, 0.1) is 11.8 Å².